The van der Waals surface area contributed by atoms with E-state index in [0.29, 0.717) is 5.92 Å². The molecule has 3 heterocycles. The third kappa shape index (κ3) is 2.63. The van der Waals surface area contributed by atoms with Crippen molar-refractivity contribution in [3.05, 3.63) is 36.9 Å². The highest BCUT2D eigenvalue weighted by atomic mass is 32.1. The zero-order chi connectivity index (χ0) is 14.1. The van der Waals surface area contributed by atoms with Crippen LogP contribution in [0.3, 0.4) is 0 Å². The van der Waals surface area contributed by atoms with Crippen molar-refractivity contribution in [3.63, 3.8) is 0 Å². The average Bonchev–Trinajstić information content (AvgIpc) is 3.16. The van der Waals surface area contributed by atoms with Crippen LogP contribution in [0.1, 0.15) is 12.8 Å². The highest BCUT2D eigenvalue weighted by Crippen LogP contribution is 2.31. The number of hydrogen-bond donors (Lipinski definition) is 0. The third-order valence-electron chi connectivity index (χ3n) is 3.98. The minimum absolute atomic E-state index is 0.618. The lowest BCUT2D eigenvalue weighted by atomic mass is 9.98. The van der Waals surface area contributed by atoms with Crippen molar-refractivity contribution in [2.24, 2.45) is 5.92 Å². The Labute approximate surface area is 127 Å². The van der Waals surface area contributed by atoms with Gasteiger partial charge in [-0.25, -0.2) is 9.97 Å². The fourth-order valence-corrected chi connectivity index (χ4v) is 3.98. The Kier molecular flexibility index (Phi) is 3.31. The van der Waals surface area contributed by atoms with E-state index < -0.39 is 0 Å². The molecule has 0 unspecified atom stereocenters. The van der Waals surface area contributed by atoms with Gasteiger partial charge in [0.15, 0.2) is 5.13 Å². The van der Waals surface area contributed by atoms with Gasteiger partial charge >= 0.3 is 0 Å². The van der Waals surface area contributed by atoms with Gasteiger partial charge < -0.3 is 4.90 Å². The Morgan fingerprint density at radius 3 is 3.10 bits per heavy atom. The van der Waals surface area contributed by atoms with E-state index in [4.69, 9.17) is 4.98 Å². The van der Waals surface area contributed by atoms with Gasteiger partial charge in [-0.15, -0.1) is 0 Å². The summed E-state index contributed by atoms with van der Waals surface area (Å²) in [4.78, 5) is 11.2. The van der Waals surface area contributed by atoms with E-state index in [1.165, 1.54) is 17.5 Å². The molecule has 1 saturated heterocycles. The van der Waals surface area contributed by atoms with E-state index in [2.05, 4.69) is 39.2 Å². The van der Waals surface area contributed by atoms with Crippen LogP contribution in [0.2, 0.25) is 0 Å². The highest BCUT2D eigenvalue weighted by molar-refractivity contribution is 7.22. The monoisotopic (exact) mass is 299 g/mol. The quantitative estimate of drug-likeness (QED) is 0.746. The van der Waals surface area contributed by atoms with E-state index in [1.807, 2.05) is 4.68 Å². The molecule has 0 bridgehead atoms. The van der Waals surface area contributed by atoms with Gasteiger partial charge in [-0.05, 0) is 30.9 Å². The van der Waals surface area contributed by atoms with Crippen LogP contribution >= 0.6 is 11.3 Å². The van der Waals surface area contributed by atoms with Crippen molar-refractivity contribution in [2.75, 3.05) is 18.0 Å². The molecule has 1 atom stereocenters. The number of nitrogens with zero attached hydrogens (tertiary/aromatic N) is 5. The van der Waals surface area contributed by atoms with Crippen LogP contribution in [-0.4, -0.2) is 32.8 Å². The molecule has 108 valence electrons. The first-order chi connectivity index (χ1) is 10.4. The summed E-state index contributed by atoms with van der Waals surface area (Å²) in [6, 6.07) is 8.36. The predicted molar refractivity (Wildman–Crippen MR) is 84.6 cm³/mol. The molecule has 2 aromatic heterocycles. The Balaban J connectivity index is 1.52. The number of piperidine rings is 1. The molecule has 0 spiro atoms. The second kappa shape index (κ2) is 5.44. The number of thiazole rings is 1. The molecule has 1 aromatic carbocycles. The molecular formula is C15H17N5S. The summed E-state index contributed by atoms with van der Waals surface area (Å²) >= 11 is 1.79. The van der Waals surface area contributed by atoms with Crippen molar-refractivity contribution < 1.29 is 0 Å². The van der Waals surface area contributed by atoms with E-state index >= 15 is 0 Å². The number of rotatable bonds is 3. The summed E-state index contributed by atoms with van der Waals surface area (Å²) in [5, 5.41) is 5.37. The first kappa shape index (κ1) is 12.8. The van der Waals surface area contributed by atoms with Crippen LogP contribution in [0, 0.1) is 5.92 Å². The number of aromatic nitrogens is 4. The fourth-order valence-electron chi connectivity index (χ4n) is 2.97. The number of para-hydroxylation sites is 1. The predicted octanol–water partition coefficient (Wildman–Crippen LogP) is 2.80. The van der Waals surface area contributed by atoms with Gasteiger partial charge in [0.25, 0.3) is 0 Å². The van der Waals surface area contributed by atoms with E-state index in [-0.39, 0.29) is 0 Å². The normalized spacial score (nSPS) is 19.2. The molecule has 4 rings (SSSR count). The first-order valence-electron chi connectivity index (χ1n) is 7.31. The summed E-state index contributed by atoms with van der Waals surface area (Å²) in [6.45, 7) is 3.11. The van der Waals surface area contributed by atoms with E-state index in [1.54, 1.807) is 24.0 Å². The second-order valence-corrected chi connectivity index (χ2v) is 6.55. The van der Waals surface area contributed by atoms with Crippen LogP contribution < -0.4 is 4.90 Å². The van der Waals surface area contributed by atoms with Crippen molar-refractivity contribution in [1.82, 2.24) is 19.7 Å². The maximum absolute atomic E-state index is 4.78. The molecule has 0 amide bonds. The summed E-state index contributed by atoms with van der Waals surface area (Å²) in [5.41, 5.74) is 1.11. The number of anilines is 1. The van der Waals surface area contributed by atoms with Crippen molar-refractivity contribution in [3.8, 4) is 0 Å². The molecule has 0 aliphatic carbocycles. The first-order valence-corrected chi connectivity index (χ1v) is 8.13. The lowest BCUT2D eigenvalue weighted by Crippen LogP contribution is -2.37. The van der Waals surface area contributed by atoms with Gasteiger partial charge in [-0.1, -0.05) is 23.5 Å². The molecule has 21 heavy (non-hydrogen) atoms. The van der Waals surface area contributed by atoms with Crippen LogP contribution in [0.25, 0.3) is 10.2 Å². The second-order valence-electron chi connectivity index (χ2n) is 5.54. The Hall–Kier alpha value is -1.95. The molecule has 3 aromatic rings. The Morgan fingerprint density at radius 2 is 2.24 bits per heavy atom. The molecule has 5 nitrogen and oxygen atoms in total. The molecule has 1 fully saturated rings. The van der Waals surface area contributed by atoms with Gasteiger partial charge in [0, 0.05) is 19.6 Å². The van der Waals surface area contributed by atoms with Gasteiger partial charge in [0.2, 0.25) is 0 Å². The minimum Gasteiger partial charge on any atom is -0.348 e. The smallest absolute Gasteiger partial charge is 0.186 e. The standard InChI is InChI=1S/C15H17N5S/c1-2-6-14-13(5-1)18-15(21-14)19-7-3-4-12(8-19)9-20-11-16-10-17-20/h1-2,5-6,10-12H,3-4,7-9H2/t12-/m1/s1. The Bertz CT molecular complexity index is 688. The Morgan fingerprint density at radius 1 is 1.29 bits per heavy atom. The fraction of sp³-hybridized carbons (Fsp3) is 0.400. The molecular weight excluding hydrogens is 282 g/mol. The molecule has 0 radical (unpaired) electrons. The van der Waals surface area contributed by atoms with Crippen LogP contribution in [0.15, 0.2) is 36.9 Å². The van der Waals surface area contributed by atoms with E-state index in [9.17, 15) is 0 Å². The SMILES string of the molecule is c1ccc2sc(N3CCC[C@@H](Cn4cncn4)C3)nc2c1. The maximum Gasteiger partial charge on any atom is 0.186 e. The lowest BCUT2D eigenvalue weighted by Gasteiger charge is -2.32. The summed E-state index contributed by atoms with van der Waals surface area (Å²) < 4.78 is 3.21. The number of fused-ring (bicyclic) bond motifs is 1. The van der Waals surface area contributed by atoms with Gasteiger partial charge in [-0.3, -0.25) is 4.68 Å². The van der Waals surface area contributed by atoms with Gasteiger partial charge in [0.05, 0.1) is 10.2 Å². The third-order valence-corrected chi connectivity index (χ3v) is 5.08. The van der Waals surface area contributed by atoms with Gasteiger partial charge in [0.1, 0.15) is 12.7 Å². The summed E-state index contributed by atoms with van der Waals surface area (Å²) in [5.74, 6) is 0.618. The topological polar surface area (TPSA) is 46.8 Å². The van der Waals surface area contributed by atoms with Crippen LogP contribution in [-0.2, 0) is 6.54 Å². The number of hydrogen-bond acceptors (Lipinski definition) is 5. The van der Waals surface area contributed by atoms with Crippen molar-refractivity contribution in [2.45, 2.75) is 19.4 Å². The highest BCUT2D eigenvalue weighted by Gasteiger charge is 2.22. The molecule has 0 N–H and O–H groups in total. The number of benzene rings is 1. The zero-order valence-corrected chi connectivity index (χ0v) is 12.5. The largest absolute Gasteiger partial charge is 0.348 e. The molecule has 0 saturated carbocycles. The maximum atomic E-state index is 4.78. The lowest BCUT2D eigenvalue weighted by molar-refractivity contribution is 0.351. The van der Waals surface area contributed by atoms with Crippen molar-refractivity contribution >= 4 is 26.7 Å². The summed E-state index contributed by atoms with van der Waals surface area (Å²) in [6.07, 6.45) is 5.88. The molecule has 6 heteroatoms. The van der Waals surface area contributed by atoms with E-state index in [0.717, 1.165) is 30.3 Å². The minimum atomic E-state index is 0.618. The van der Waals surface area contributed by atoms with Crippen LogP contribution in [0.4, 0.5) is 5.13 Å². The van der Waals surface area contributed by atoms with Crippen LogP contribution in [0.5, 0.6) is 0 Å². The van der Waals surface area contributed by atoms with Crippen molar-refractivity contribution in [1.29, 1.82) is 0 Å². The zero-order valence-electron chi connectivity index (χ0n) is 11.7. The van der Waals surface area contributed by atoms with Gasteiger partial charge in [-0.2, -0.15) is 5.10 Å². The summed E-state index contributed by atoms with van der Waals surface area (Å²) in [7, 11) is 0. The average molecular weight is 299 g/mol. The molecule has 1 aliphatic rings. The molecule has 1 aliphatic heterocycles.